The lowest BCUT2D eigenvalue weighted by molar-refractivity contribution is -0.151. The number of carboxylic acids is 1. The van der Waals surface area contributed by atoms with E-state index in [0.717, 1.165) is 0 Å². The third kappa shape index (κ3) is 4.23. The summed E-state index contributed by atoms with van der Waals surface area (Å²) >= 11 is 6.17. The fourth-order valence-corrected chi connectivity index (χ4v) is 3.31. The molecule has 9 heteroatoms. The molecule has 1 aromatic carbocycles. The number of benzene rings is 1. The van der Waals surface area contributed by atoms with Crippen LogP contribution in [0.25, 0.3) is 22.3 Å². The fraction of sp³-hybridized carbons (Fsp3) is 0.300. The van der Waals surface area contributed by atoms with E-state index >= 15 is 0 Å². The van der Waals surface area contributed by atoms with Gasteiger partial charge in [-0.1, -0.05) is 17.7 Å². The summed E-state index contributed by atoms with van der Waals surface area (Å²) in [5.41, 5.74) is 1.08. The summed E-state index contributed by atoms with van der Waals surface area (Å²) in [6, 6.07) is 8.53. The SMILES string of the molecule is O=C(O)[C@H]1C[C@@H](OCCOc2ccc(-c3nc(O)c4cccc(Cl)c4n3)cn2)C1. The van der Waals surface area contributed by atoms with Crippen molar-refractivity contribution < 1.29 is 24.5 Å². The number of rotatable bonds is 7. The van der Waals surface area contributed by atoms with Gasteiger partial charge in [0, 0.05) is 17.8 Å². The van der Waals surface area contributed by atoms with Crippen molar-refractivity contribution in [2.24, 2.45) is 5.92 Å². The van der Waals surface area contributed by atoms with Crippen molar-refractivity contribution in [3.05, 3.63) is 41.6 Å². The second-order valence-electron chi connectivity index (χ2n) is 6.74. The second-order valence-corrected chi connectivity index (χ2v) is 7.15. The van der Waals surface area contributed by atoms with Crippen molar-refractivity contribution in [2.75, 3.05) is 13.2 Å². The quantitative estimate of drug-likeness (QED) is 0.565. The lowest BCUT2D eigenvalue weighted by atomic mass is 9.82. The summed E-state index contributed by atoms with van der Waals surface area (Å²) in [4.78, 5) is 23.5. The number of fused-ring (bicyclic) bond motifs is 1. The third-order valence-corrected chi connectivity index (χ3v) is 5.09. The van der Waals surface area contributed by atoms with Gasteiger partial charge in [-0.15, -0.1) is 0 Å². The molecule has 1 aliphatic carbocycles. The molecule has 2 N–H and O–H groups in total. The lowest BCUT2D eigenvalue weighted by Crippen LogP contribution is -2.37. The molecule has 3 aromatic rings. The number of carbonyl (C=O) groups is 1. The van der Waals surface area contributed by atoms with Gasteiger partial charge >= 0.3 is 5.97 Å². The van der Waals surface area contributed by atoms with Crippen LogP contribution in [-0.4, -0.2) is 50.5 Å². The molecule has 1 fully saturated rings. The molecule has 2 aromatic heterocycles. The molecule has 1 aliphatic rings. The number of hydrogen-bond donors (Lipinski definition) is 2. The van der Waals surface area contributed by atoms with E-state index in [-0.39, 0.29) is 17.9 Å². The third-order valence-electron chi connectivity index (χ3n) is 4.78. The van der Waals surface area contributed by atoms with Crippen LogP contribution in [0.15, 0.2) is 36.5 Å². The molecule has 2 heterocycles. The Bertz CT molecular complexity index is 1040. The first-order chi connectivity index (χ1) is 14.0. The average molecular weight is 416 g/mol. The maximum Gasteiger partial charge on any atom is 0.306 e. The van der Waals surface area contributed by atoms with E-state index in [1.165, 1.54) is 0 Å². The van der Waals surface area contributed by atoms with Gasteiger partial charge in [0.05, 0.1) is 34.6 Å². The van der Waals surface area contributed by atoms with Crippen LogP contribution in [0.1, 0.15) is 12.8 Å². The molecule has 0 amide bonds. The summed E-state index contributed by atoms with van der Waals surface area (Å²) in [6.45, 7) is 0.671. The highest BCUT2D eigenvalue weighted by Gasteiger charge is 2.34. The van der Waals surface area contributed by atoms with Gasteiger partial charge in [0.25, 0.3) is 0 Å². The van der Waals surface area contributed by atoms with Crippen molar-refractivity contribution >= 4 is 28.5 Å². The lowest BCUT2D eigenvalue weighted by Gasteiger charge is -2.31. The van der Waals surface area contributed by atoms with Crippen LogP contribution >= 0.6 is 11.6 Å². The summed E-state index contributed by atoms with van der Waals surface area (Å²) in [5, 5.41) is 19.9. The molecule has 0 radical (unpaired) electrons. The van der Waals surface area contributed by atoms with E-state index in [1.807, 2.05) is 0 Å². The van der Waals surface area contributed by atoms with E-state index < -0.39 is 5.97 Å². The van der Waals surface area contributed by atoms with Crippen molar-refractivity contribution in [1.29, 1.82) is 0 Å². The molecule has 0 bridgehead atoms. The van der Waals surface area contributed by atoms with Gasteiger partial charge in [0.1, 0.15) is 6.61 Å². The van der Waals surface area contributed by atoms with Crippen LogP contribution in [0.5, 0.6) is 11.8 Å². The Balaban J connectivity index is 1.34. The van der Waals surface area contributed by atoms with E-state index in [4.69, 9.17) is 26.2 Å². The van der Waals surface area contributed by atoms with Gasteiger partial charge in [0.2, 0.25) is 11.8 Å². The number of halogens is 1. The Morgan fingerprint density at radius 1 is 1.17 bits per heavy atom. The maximum absolute atomic E-state index is 10.8. The van der Waals surface area contributed by atoms with Gasteiger partial charge in [-0.25, -0.2) is 9.97 Å². The van der Waals surface area contributed by atoms with Crippen LogP contribution in [0, 0.1) is 5.92 Å². The molecule has 150 valence electrons. The summed E-state index contributed by atoms with van der Waals surface area (Å²) in [6.07, 6.45) is 2.63. The van der Waals surface area contributed by atoms with Crippen LogP contribution in [0.2, 0.25) is 5.02 Å². The van der Waals surface area contributed by atoms with Crippen LogP contribution in [0.3, 0.4) is 0 Å². The highest BCUT2D eigenvalue weighted by Crippen LogP contribution is 2.31. The predicted molar refractivity (Wildman–Crippen MR) is 105 cm³/mol. The van der Waals surface area contributed by atoms with E-state index in [1.54, 1.807) is 36.5 Å². The standard InChI is InChI=1S/C20H18ClN3O5/c21-15-3-1-2-14-17(15)23-18(24-19(14)25)11-4-5-16(22-10-11)29-7-6-28-13-8-12(9-13)20(26)27/h1-5,10,12-13H,6-9H2,(H,26,27)(H,23,24,25)/t12-,13+. The number of carboxylic acid groups (broad SMARTS) is 1. The Morgan fingerprint density at radius 3 is 2.72 bits per heavy atom. The molecule has 29 heavy (non-hydrogen) atoms. The molecule has 0 atom stereocenters. The van der Waals surface area contributed by atoms with Crippen molar-refractivity contribution in [3.8, 4) is 23.1 Å². The van der Waals surface area contributed by atoms with Crippen molar-refractivity contribution in [3.63, 3.8) is 0 Å². The highest BCUT2D eigenvalue weighted by molar-refractivity contribution is 6.35. The number of hydrogen-bond acceptors (Lipinski definition) is 7. The summed E-state index contributed by atoms with van der Waals surface area (Å²) in [5.74, 6) is -0.481. The van der Waals surface area contributed by atoms with E-state index in [9.17, 15) is 9.90 Å². The topological polar surface area (TPSA) is 115 Å². The monoisotopic (exact) mass is 415 g/mol. The van der Waals surface area contributed by atoms with Crippen LogP contribution in [-0.2, 0) is 9.53 Å². The second kappa shape index (κ2) is 8.18. The summed E-state index contributed by atoms with van der Waals surface area (Å²) in [7, 11) is 0. The molecular formula is C20H18ClN3O5. The Hall–Kier alpha value is -2.97. The molecule has 1 saturated carbocycles. The number of para-hydroxylation sites is 1. The number of aliphatic carboxylic acids is 1. The zero-order valence-corrected chi connectivity index (χ0v) is 16.0. The minimum atomic E-state index is -0.767. The molecule has 8 nitrogen and oxygen atoms in total. The first-order valence-corrected chi connectivity index (χ1v) is 9.48. The van der Waals surface area contributed by atoms with Gasteiger partial charge in [0.15, 0.2) is 5.82 Å². The highest BCUT2D eigenvalue weighted by atomic mass is 35.5. The van der Waals surface area contributed by atoms with Crippen LogP contribution in [0.4, 0.5) is 0 Å². The minimum absolute atomic E-state index is 0.0143. The first kappa shape index (κ1) is 19.4. The number of aromatic nitrogens is 3. The maximum atomic E-state index is 10.8. The van der Waals surface area contributed by atoms with Gasteiger partial charge in [-0.2, -0.15) is 4.98 Å². The Morgan fingerprint density at radius 2 is 2.00 bits per heavy atom. The molecule has 0 spiro atoms. The average Bonchev–Trinajstić information content (AvgIpc) is 2.67. The van der Waals surface area contributed by atoms with Gasteiger partial charge < -0.3 is 19.7 Å². The van der Waals surface area contributed by atoms with Crippen molar-refractivity contribution in [1.82, 2.24) is 15.0 Å². The number of pyridine rings is 1. The molecule has 0 saturated heterocycles. The smallest absolute Gasteiger partial charge is 0.306 e. The van der Waals surface area contributed by atoms with Crippen LogP contribution < -0.4 is 4.74 Å². The van der Waals surface area contributed by atoms with Gasteiger partial charge in [-0.05, 0) is 31.0 Å². The molecular weight excluding hydrogens is 398 g/mol. The Labute approximate surface area is 171 Å². The van der Waals surface area contributed by atoms with E-state index in [2.05, 4.69) is 15.0 Å². The van der Waals surface area contributed by atoms with Gasteiger partial charge in [-0.3, -0.25) is 4.79 Å². The first-order valence-electron chi connectivity index (χ1n) is 9.10. The zero-order valence-electron chi connectivity index (χ0n) is 15.3. The molecule has 0 aliphatic heterocycles. The number of aromatic hydroxyl groups is 1. The number of ether oxygens (including phenoxy) is 2. The minimum Gasteiger partial charge on any atom is -0.493 e. The molecule has 4 rings (SSSR count). The number of nitrogens with zero attached hydrogens (tertiary/aromatic N) is 3. The normalized spacial score (nSPS) is 18.4. The van der Waals surface area contributed by atoms with E-state index in [0.29, 0.717) is 59.2 Å². The largest absolute Gasteiger partial charge is 0.493 e. The molecule has 0 unspecified atom stereocenters. The zero-order chi connectivity index (χ0) is 20.4. The summed E-state index contributed by atoms with van der Waals surface area (Å²) < 4.78 is 11.1. The Kier molecular flexibility index (Phi) is 5.46. The van der Waals surface area contributed by atoms with Crippen molar-refractivity contribution in [2.45, 2.75) is 18.9 Å². The fourth-order valence-electron chi connectivity index (χ4n) is 3.09. The predicted octanol–water partition coefficient (Wildman–Crippen LogP) is 3.31.